The fourth-order valence-electron chi connectivity index (χ4n) is 2.73. The molecule has 0 spiro atoms. The summed E-state index contributed by atoms with van der Waals surface area (Å²) < 4.78 is 37.7. The molecule has 3 aromatic heterocycles. The van der Waals surface area contributed by atoms with Crippen LogP contribution in [0.5, 0.6) is 5.88 Å². The molecule has 33 heavy (non-hydrogen) atoms. The molecule has 0 saturated carbocycles. The highest BCUT2D eigenvalue weighted by Gasteiger charge is 2.31. The summed E-state index contributed by atoms with van der Waals surface area (Å²) >= 11 is 0. The van der Waals surface area contributed by atoms with Gasteiger partial charge in [-0.15, -0.1) is 0 Å². The maximum Gasteiger partial charge on any atom is 0.302 e. The Hall–Kier alpha value is -3.89. The standard InChI is InChI=1S/C22H24F2N6O3/c1-12(2)22(23,24)11-33-19-13(3)8-16(10-26-19)15(5)28-18(31)17-9-14(4)27-20(29-17)30-21-25-6-7-32-21/h6-10,15H,1,11H2,2-5H3,(H,28,31)(H,25,27,29,30). The van der Waals surface area contributed by atoms with Crippen molar-refractivity contribution in [1.82, 2.24) is 25.3 Å². The van der Waals surface area contributed by atoms with Crippen molar-refractivity contribution in [3.8, 4) is 5.88 Å². The minimum atomic E-state index is -3.15. The molecule has 9 nitrogen and oxygen atoms in total. The number of nitrogens with zero attached hydrogens (tertiary/aromatic N) is 4. The lowest BCUT2D eigenvalue weighted by molar-refractivity contribution is -0.00717. The van der Waals surface area contributed by atoms with Crippen molar-refractivity contribution < 1.29 is 22.7 Å². The maximum atomic E-state index is 13.7. The molecule has 1 unspecified atom stereocenters. The third-order valence-electron chi connectivity index (χ3n) is 4.65. The highest BCUT2D eigenvalue weighted by molar-refractivity contribution is 5.93. The largest absolute Gasteiger partial charge is 0.471 e. The first-order valence-electron chi connectivity index (χ1n) is 10.0. The van der Waals surface area contributed by atoms with Crippen LogP contribution >= 0.6 is 0 Å². The molecule has 0 aliphatic carbocycles. The van der Waals surface area contributed by atoms with Crippen LogP contribution in [0.25, 0.3) is 0 Å². The molecule has 3 rings (SSSR count). The fourth-order valence-corrected chi connectivity index (χ4v) is 2.73. The van der Waals surface area contributed by atoms with Gasteiger partial charge in [-0.1, -0.05) is 6.58 Å². The Labute approximate surface area is 189 Å². The van der Waals surface area contributed by atoms with Crippen molar-refractivity contribution >= 4 is 17.9 Å². The van der Waals surface area contributed by atoms with Crippen LogP contribution in [0.3, 0.4) is 0 Å². The van der Waals surface area contributed by atoms with Crippen LogP contribution in [0.1, 0.15) is 47.2 Å². The smallest absolute Gasteiger partial charge is 0.302 e. The molecule has 11 heteroatoms. The van der Waals surface area contributed by atoms with E-state index >= 15 is 0 Å². The number of hydrogen-bond donors (Lipinski definition) is 2. The average Bonchev–Trinajstić information content (AvgIpc) is 3.25. The number of anilines is 2. The van der Waals surface area contributed by atoms with Gasteiger partial charge in [0.15, 0.2) is 6.61 Å². The predicted octanol–water partition coefficient (Wildman–Crippen LogP) is 4.30. The molecule has 3 aromatic rings. The highest BCUT2D eigenvalue weighted by Crippen LogP contribution is 2.25. The second-order valence-corrected chi connectivity index (χ2v) is 7.54. The Bertz CT molecular complexity index is 1150. The molecule has 1 atom stereocenters. The molecular formula is C22H24F2N6O3. The summed E-state index contributed by atoms with van der Waals surface area (Å²) in [6.07, 6.45) is 4.32. The van der Waals surface area contributed by atoms with E-state index in [-0.39, 0.29) is 29.1 Å². The number of amides is 1. The van der Waals surface area contributed by atoms with E-state index in [1.807, 2.05) is 0 Å². The Morgan fingerprint density at radius 3 is 2.67 bits per heavy atom. The molecule has 0 fully saturated rings. The number of carbonyl (C=O) groups is 1. The predicted molar refractivity (Wildman–Crippen MR) is 117 cm³/mol. The molecule has 0 saturated heterocycles. The van der Waals surface area contributed by atoms with Crippen LogP contribution in [-0.2, 0) is 0 Å². The zero-order valence-electron chi connectivity index (χ0n) is 18.6. The Balaban J connectivity index is 1.68. The molecule has 0 bridgehead atoms. The number of halogens is 2. The van der Waals surface area contributed by atoms with Gasteiger partial charge >= 0.3 is 11.9 Å². The van der Waals surface area contributed by atoms with Crippen molar-refractivity contribution in [3.63, 3.8) is 0 Å². The number of nitrogens with one attached hydrogen (secondary N) is 2. The van der Waals surface area contributed by atoms with E-state index in [0.29, 0.717) is 16.8 Å². The van der Waals surface area contributed by atoms with Gasteiger partial charge in [0, 0.05) is 17.5 Å². The first-order valence-corrected chi connectivity index (χ1v) is 10.0. The van der Waals surface area contributed by atoms with E-state index in [2.05, 4.69) is 37.1 Å². The molecular weight excluding hydrogens is 434 g/mol. The summed E-state index contributed by atoms with van der Waals surface area (Å²) in [4.78, 5) is 29.2. The number of oxazole rings is 1. The van der Waals surface area contributed by atoms with Gasteiger partial charge in [-0.25, -0.2) is 19.9 Å². The highest BCUT2D eigenvalue weighted by atomic mass is 19.3. The molecule has 2 N–H and O–H groups in total. The summed E-state index contributed by atoms with van der Waals surface area (Å²) in [5.74, 6) is -3.32. The number of alkyl halides is 2. The normalized spacial score (nSPS) is 12.2. The zero-order chi connectivity index (χ0) is 24.2. The minimum absolute atomic E-state index is 0.0897. The van der Waals surface area contributed by atoms with Crippen LogP contribution < -0.4 is 15.4 Å². The minimum Gasteiger partial charge on any atom is -0.471 e. The molecule has 0 radical (unpaired) electrons. The lowest BCUT2D eigenvalue weighted by Gasteiger charge is -2.19. The maximum absolute atomic E-state index is 13.7. The van der Waals surface area contributed by atoms with Gasteiger partial charge in [0.2, 0.25) is 11.8 Å². The van der Waals surface area contributed by atoms with E-state index in [4.69, 9.17) is 9.15 Å². The lowest BCUT2D eigenvalue weighted by atomic mass is 10.1. The van der Waals surface area contributed by atoms with Crippen LogP contribution in [-0.4, -0.2) is 38.4 Å². The summed E-state index contributed by atoms with van der Waals surface area (Å²) in [6.45, 7) is 8.84. The number of ether oxygens (including phenoxy) is 1. The molecule has 174 valence electrons. The van der Waals surface area contributed by atoms with Crippen LogP contribution in [0.2, 0.25) is 0 Å². The van der Waals surface area contributed by atoms with Crippen molar-refractivity contribution in [3.05, 3.63) is 65.5 Å². The summed E-state index contributed by atoms with van der Waals surface area (Å²) in [5.41, 5.74) is 1.66. The zero-order valence-corrected chi connectivity index (χ0v) is 18.6. The van der Waals surface area contributed by atoms with E-state index in [9.17, 15) is 13.6 Å². The van der Waals surface area contributed by atoms with Gasteiger partial charge in [0.05, 0.1) is 12.2 Å². The van der Waals surface area contributed by atoms with Gasteiger partial charge in [-0.3, -0.25) is 10.1 Å². The van der Waals surface area contributed by atoms with Gasteiger partial charge in [0.25, 0.3) is 5.91 Å². The van der Waals surface area contributed by atoms with Gasteiger partial charge in [-0.05, 0) is 51.0 Å². The van der Waals surface area contributed by atoms with Crippen LogP contribution in [0.4, 0.5) is 20.7 Å². The number of pyridine rings is 1. The van der Waals surface area contributed by atoms with E-state index in [0.717, 1.165) is 0 Å². The molecule has 0 aliphatic heterocycles. The van der Waals surface area contributed by atoms with Gasteiger partial charge < -0.3 is 14.5 Å². The van der Waals surface area contributed by atoms with Gasteiger partial charge in [-0.2, -0.15) is 8.78 Å². The number of aryl methyl sites for hydroxylation is 2. The number of aromatic nitrogens is 4. The Kier molecular flexibility index (Phi) is 7.00. The summed E-state index contributed by atoms with van der Waals surface area (Å²) in [7, 11) is 0. The molecule has 0 aromatic carbocycles. The van der Waals surface area contributed by atoms with Gasteiger partial charge in [0.1, 0.15) is 12.0 Å². The van der Waals surface area contributed by atoms with E-state index < -0.39 is 24.5 Å². The molecule has 1 amide bonds. The lowest BCUT2D eigenvalue weighted by Crippen LogP contribution is -2.28. The second-order valence-electron chi connectivity index (χ2n) is 7.54. The monoisotopic (exact) mass is 458 g/mol. The SMILES string of the molecule is C=C(C)C(F)(F)COc1ncc(C(C)NC(=O)c2cc(C)nc(Nc3ncco3)n2)cc1C. The Morgan fingerprint density at radius 1 is 1.27 bits per heavy atom. The van der Waals surface area contributed by atoms with E-state index in [1.165, 1.54) is 25.6 Å². The van der Waals surface area contributed by atoms with Crippen molar-refractivity contribution in [1.29, 1.82) is 0 Å². The second kappa shape index (κ2) is 9.72. The first-order chi connectivity index (χ1) is 15.5. The summed E-state index contributed by atoms with van der Waals surface area (Å²) in [6, 6.07) is 3.02. The number of rotatable bonds is 9. The van der Waals surface area contributed by atoms with Crippen molar-refractivity contribution in [2.45, 2.75) is 39.7 Å². The fraction of sp³-hybridized carbons (Fsp3) is 0.318. The van der Waals surface area contributed by atoms with Crippen LogP contribution in [0, 0.1) is 13.8 Å². The summed E-state index contributed by atoms with van der Waals surface area (Å²) in [5, 5.41) is 5.62. The number of hydrogen-bond acceptors (Lipinski definition) is 8. The molecule has 0 aliphatic rings. The third kappa shape index (κ3) is 6.09. The number of carbonyl (C=O) groups excluding carboxylic acids is 1. The van der Waals surface area contributed by atoms with E-state index in [1.54, 1.807) is 32.9 Å². The first kappa shape index (κ1) is 23.8. The van der Waals surface area contributed by atoms with Crippen molar-refractivity contribution in [2.75, 3.05) is 11.9 Å². The van der Waals surface area contributed by atoms with Crippen LogP contribution in [0.15, 0.2) is 47.4 Å². The Morgan fingerprint density at radius 2 is 2.03 bits per heavy atom. The third-order valence-corrected chi connectivity index (χ3v) is 4.65. The average molecular weight is 458 g/mol. The topological polar surface area (TPSA) is 115 Å². The van der Waals surface area contributed by atoms with Crippen molar-refractivity contribution in [2.24, 2.45) is 0 Å². The molecule has 3 heterocycles. The quantitative estimate of drug-likeness (QED) is 0.456.